The first kappa shape index (κ1) is 38.3. The van der Waals surface area contributed by atoms with Crippen LogP contribution in [0.15, 0.2) is 23.8 Å². The first-order valence-electron chi connectivity index (χ1n) is 10.9. The number of phosphoric ester groups is 1. The molecule has 14 heteroatoms. The maximum absolute atomic E-state index is 17.0. The Morgan fingerprint density at radius 3 is 2.39 bits per heavy atom. The number of phosphoric acid groups is 1. The monoisotopic (exact) mass is 598 g/mol. The molecule has 4 N–H and O–H groups in total. The van der Waals surface area contributed by atoms with Gasteiger partial charge in [0.2, 0.25) is 0 Å². The van der Waals surface area contributed by atoms with Crippen LogP contribution in [0, 0.1) is 28.6 Å². The normalized spacial score (nSPS) is 42.7. The Morgan fingerprint density at radius 1 is 1.25 bits per heavy atom. The van der Waals surface area contributed by atoms with Gasteiger partial charge in [0.05, 0.1) is 6.10 Å². The first-order chi connectivity index (χ1) is 14.6. The van der Waals surface area contributed by atoms with Crippen LogP contribution in [-0.4, -0.2) is 152 Å². The Kier molecular flexibility index (Phi) is 13.5. The first-order valence-corrected chi connectivity index (χ1v) is 12.4. The van der Waals surface area contributed by atoms with E-state index in [1.165, 1.54) is 18.2 Å². The van der Waals surface area contributed by atoms with Crippen molar-refractivity contribution in [3.05, 3.63) is 23.8 Å². The van der Waals surface area contributed by atoms with Crippen molar-refractivity contribution in [3.8, 4) is 0 Å². The predicted octanol–water partition coefficient (Wildman–Crippen LogP) is 0.221. The quantitative estimate of drug-likeness (QED) is 0.266. The van der Waals surface area contributed by atoms with Gasteiger partial charge in [0.1, 0.15) is 12.2 Å². The number of aliphatic hydroxyl groups is 2. The molecule has 3 saturated carbocycles. The van der Waals surface area contributed by atoms with Crippen LogP contribution in [0.3, 0.4) is 0 Å². The summed E-state index contributed by atoms with van der Waals surface area (Å²) in [5, 5.41) is 22.8. The van der Waals surface area contributed by atoms with Crippen LogP contribution in [0.25, 0.3) is 0 Å². The number of hydrogen-bond donors (Lipinski definition) is 4. The number of hydrogen-bond acceptors (Lipinski definition) is 6. The summed E-state index contributed by atoms with van der Waals surface area (Å²) >= 11 is 0. The van der Waals surface area contributed by atoms with Gasteiger partial charge < -0.3 is 20.0 Å². The third kappa shape index (κ3) is 5.56. The fraction of sp³-hybridized carbons (Fsp3) is 0.727. The van der Waals surface area contributed by atoms with Gasteiger partial charge >= 0.3 is 105 Å². The summed E-state index contributed by atoms with van der Waals surface area (Å²) < 4.78 is 32.5. The summed E-state index contributed by atoms with van der Waals surface area (Å²) in [5.41, 5.74) is -5.88. The van der Waals surface area contributed by atoms with Gasteiger partial charge in [0.15, 0.2) is 17.2 Å². The van der Waals surface area contributed by atoms with Crippen LogP contribution in [-0.2, 0) is 18.7 Å². The molecule has 8 atom stereocenters. The van der Waals surface area contributed by atoms with E-state index in [2.05, 4.69) is 4.52 Å². The Hall–Kier alpha value is 2.33. The number of carbonyl (C=O) groups excluding carboxylic acids is 2. The van der Waals surface area contributed by atoms with E-state index in [1.54, 1.807) is 20.8 Å². The molecule has 0 spiro atoms. The van der Waals surface area contributed by atoms with E-state index >= 15 is 4.39 Å². The van der Waals surface area contributed by atoms with Gasteiger partial charge in [0, 0.05) is 16.7 Å². The number of aliphatic hydroxyl groups excluding tert-OH is 1. The van der Waals surface area contributed by atoms with E-state index in [9.17, 15) is 24.4 Å². The Bertz CT molecular complexity index is 997. The summed E-state index contributed by atoms with van der Waals surface area (Å²) in [6.45, 7) is 4.00. The molecule has 4 aliphatic rings. The molecule has 0 aromatic carbocycles. The zero-order valence-corrected chi connectivity index (χ0v) is 20.4. The van der Waals surface area contributed by atoms with Gasteiger partial charge in [0.25, 0.3) is 0 Å². The van der Waals surface area contributed by atoms with Crippen molar-refractivity contribution in [1.29, 1.82) is 0 Å². The summed E-state index contributed by atoms with van der Waals surface area (Å²) in [6.07, 6.45) is 3.70. The molecule has 0 amide bonds. The van der Waals surface area contributed by atoms with Crippen molar-refractivity contribution in [2.24, 2.45) is 28.6 Å². The molecule has 0 saturated heterocycles. The van der Waals surface area contributed by atoms with E-state index in [4.69, 9.17) is 9.79 Å². The second-order valence-electron chi connectivity index (χ2n) is 10.4. The van der Waals surface area contributed by atoms with Gasteiger partial charge in [-0.15, -0.1) is 12.4 Å². The average molecular weight is 599 g/mol. The van der Waals surface area contributed by atoms with Gasteiger partial charge in [-0.3, -0.25) is 14.1 Å². The second-order valence-corrected chi connectivity index (χ2v) is 11.6. The second kappa shape index (κ2) is 12.7. The van der Waals surface area contributed by atoms with E-state index < -0.39 is 66.2 Å². The predicted molar refractivity (Wildman–Crippen MR) is 141 cm³/mol. The number of rotatable bonds is 4. The number of halogens is 2. The molecule has 3 fully saturated rings. The van der Waals surface area contributed by atoms with Gasteiger partial charge in [-0.05, 0) is 56.6 Å². The standard InChI is InChI=1S/C22H30FO8P.Ca.ClH.2Na.4H/c1-12-8-16-15-5-4-13-9-14(24)6-7-19(13,2)21(15,23)17(25)10-20(16,3)22(12,27)18(26)11-31-32(28,29)30;;;;;;;;/h6-7,9,12,15-17,25,27H,4-5,8,10-11H2,1-3H3,(H2,28,29,30);;1H;;;;;;/t12-,15-,16-,17-,19-,20-,21-,22-;;;;;;;;/m0......../s1. The topological polar surface area (TPSA) is 141 Å². The molecule has 0 aromatic heterocycles. The Labute approximate surface area is 290 Å². The van der Waals surface area contributed by atoms with Crippen LogP contribution in [0.2, 0.25) is 0 Å². The number of alkyl halides is 1. The SMILES string of the molecule is C[C@H]1C[C@H]2[C@@H]3CCC4=CC(=O)C=C[C@]4(C)[C@@]3(F)[C@@H](O)C[C@]2(C)[C@@]1(O)C(=O)COP(=O)(O)O.Cl.[CaH2].[NaH].[NaH]. The molecule has 0 heterocycles. The molecule has 0 aromatic rings. The Morgan fingerprint density at radius 2 is 1.83 bits per heavy atom. The zero-order chi connectivity index (χ0) is 23.9. The Balaban J connectivity index is 0.00000306. The number of ketones is 2. The van der Waals surface area contributed by atoms with Crippen LogP contribution < -0.4 is 0 Å². The van der Waals surface area contributed by atoms with Crippen LogP contribution in [0.4, 0.5) is 4.39 Å². The van der Waals surface area contributed by atoms with Crippen molar-refractivity contribution < 1.29 is 43.1 Å². The van der Waals surface area contributed by atoms with E-state index in [0.29, 0.717) is 24.8 Å². The molecule has 0 aliphatic heterocycles. The van der Waals surface area contributed by atoms with Crippen LogP contribution >= 0.6 is 20.2 Å². The fourth-order valence-electron chi connectivity index (χ4n) is 7.39. The minimum absolute atomic E-state index is 0. The van der Waals surface area contributed by atoms with Gasteiger partial charge in [-0.25, -0.2) is 8.96 Å². The van der Waals surface area contributed by atoms with Crippen molar-refractivity contribution in [1.82, 2.24) is 0 Å². The number of fused-ring (bicyclic) bond motifs is 5. The van der Waals surface area contributed by atoms with E-state index in [0.717, 1.165) is 0 Å². The van der Waals surface area contributed by atoms with Gasteiger partial charge in [-0.2, -0.15) is 0 Å². The van der Waals surface area contributed by atoms with Crippen molar-refractivity contribution in [3.63, 3.8) is 0 Å². The summed E-state index contributed by atoms with van der Waals surface area (Å²) in [7, 11) is -4.93. The molecule has 4 rings (SSSR count). The fourth-order valence-corrected chi connectivity index (χ4v) is 7.68. The molecule has 36 heavy (non-hydrogen) atoms. The van der Waals surface area contributed by atoms with Gasteiger partial charge in [-0.1, -0.05) is 25.5 Å². The molecule has 0 bridgehead atoms. The number of carbonyl (C=O) groups is 2. The maximum atomic E-state index is 17.0. The van der Waals surface area contributed by atoms with Crippen LogP contribution in [0.1, 0.15) is 46.5 Å². The summed E-state index contributed by atoms with van der Waals surface area (Å²) in [6, 6.07) is 0. The molecule has 194 valence electrons. The molecule has 4 aliphatic carbocycles. The van der Waals surface area contributed by atoms with Crippen molar-refractivity contribution in [2.45, 2.75) is 63.8 Å². The van der Waals surface area contributed by atoms with Crippen molar-refractivity contribution in [2.75, 3.05) is 6.61 Å². The third-order valence-corrected chi connectivity index (χ3v) is 9.48. The van der Waals surface area contributed by atoms with E-state index in [-0.39, 0.29) is 121 Å². The zero-order valence-electron chi connectivity index (χ0n) is 18.7. The molecule has 0 unspecified atom stereocenters. The summed E-state index contributed by atoms with van der Waals surface area (Å²) in [4.78, 5) is 42.8. The third-order valence-electron chi connectivity index (χ3n) is 9.01. The van der Waals surface area contributed by atoms with E-state index in [1.807, 2.05) is 0 Å². The molecule has 8 nitrogen and oxygen atoms in total. The number of allylic oxidation sites excluding steroid dienone is 4. The molecular weight excluding hydrogens is 564 g/mol. The number of Topliss-reactive ketones (excluding diaryl/α,β-unsaturated/α-hetero) is 1. The molecule has 0 radical (unpaired) electrons. The minimum atomic E-state index is -4.93. The van der Waals surface area contributed by atoms with Crippen LogP contribution in [0.5, 0.6) is 0 Å². The average Bonchev–Trinajstić information content (AvgIpc) is 2.89. The molecular formula is C22H35CaClFNa2O8P. The summed E-state index contributed by atoms with van der Waals surface area (Å²) in [5.74, 6) is -2.87. The van der Waals surface area contributed by atoms with Crippen molar-refractivity contribution >= 4 is 129 Å².